The number of amides is 2. The van der Waals surface area contributed by atoms with E-state index in [2.05, 4.69) is 27.7 Å². The van der Waals surface area contributed by atoms with Crippen molar-refractivity contribution in [2.75, 3.05) is 20.2 Å². The molecule has 112 valence electrons. The lowest BCUT2D eigenvalue weighted by Gasteiger charge is -2.24. The maximum Gasteiger partial charge on any atom is 0.321 e. The molecule has 1 N–H and O–H groups in total. The number of quaternary nitrogens is 1. The summed E-state index contributed by atoms with van der Waals surface area (Å²) in [7, 11) is 1.75. The molecule has 0 aromatic heterocycles. The number of aliphatic hydroxyl groups excluding tert-OH is 1. The van der Waals surface area contributed by atoms with Gasteiger partial charge in [-0.2, -0.15) is 0 Å². The average molecular weight is 272 g/mol. The zero-order valence-electron chi connectivity index (χ0n) is 13.1. The first-order valence-electron chi connectivity index (χ1n) is 7.27. The van der Waals surface area contributed by atoms with Crippen LogP contribution in [0, 0.1) is 11.8 Å². The number of carbonyl (C=O) groups excluding carboxylic acids is 2. The minimum atomic E-state index is 0.0399. The Bertz CT molecular complexity index is 282. The lowest BCUT2D eigenvalue weighted by molar-refractivity contribution is -0.752. The zero-order valence-corrected chi connectivity index (χ0v) is 13.1. The first kappa shape index (κ1) is 18.3. The molecule has 19 heavy (non-hydrogen) atoms. The van der Waals surface area contributed by atoms with Crippen molar-refractivity contribution >= 4 is 11.8 Å². The number of hydrogen-bond donors (Lipinski definition) is 1. The van der Waals surface area contributed by atoms with Crippen molar-refractivity contribution in [1.82, 2.24) is 0 Å². The maximum absolute atomic E-state index is 11.5. The zero-order chi connectivity index (χ0) is 15.1. The third-order valence-corrected chi connectivity index (χ3v) is 3.51. The van der Waals surface area contributed by atoms with Crippen molar-refractivity contribution in [3.05, 3.63) is 0 Å². The van der Waals surface area contributed by atoms with Crippen molar-refractivity contribution in [2.24, 2.45) is 11.8 Å². The molecule has 4 heteroatoms. The Morgan fingerprint density at radius 3 is 1.68 bits per heavy atom. The van der Waals surface area contributed by atoms with E-state index in [-0.39, 0.29) is 16.3 Å². The molecule has 1 aliphatic rings. The van der Waals surface area contributed by atoms with Gasteiger partial charge in [0.05, 0.1) is 26.4 Å². The fourth-order valence-corrected chi connectivity index (χ4v) is 1.87. The van der Waals surface area contributed by atoms with Gasteiger partial charge in [0.2, 0.25) is 0 Å². The van der Waals surface area contributed by atoms with Crippen molar-refractivity contribution in [3.8, 4) is 0 Å². The SMILES string of the molecule is CC(C)CCO.CC(C)CC[N+]1(C)C(=O)CCC1=O. The number of imide groups is 1. The van der Waals surface area contributed by atoms with E-state index in [0.717, 1.165) is 12.8 Å². The van der Waals surface area contributed by atoms with Gasteiger partial charge in [-0.05, 0) is 24.7 Å². The number of hydrogen-bond acceptors (Lipinski definition) is 3. The second kappa shape index (κ2) is 8.43. The van der Waals surface area contributed by atoms with E-state index in [0.29, 0.717) is 37.8 Å². The van der Waals surface area contributed by atoms with Crippen LogP contribution in [0.1, 0.15) is 53.4 Å². The summed E-state index contributed by atoms with van der Waals surface area (Å²) in [6.07, 6.45) is 2.74. The summed E-state index contributed by atoms with van der Waals surface area (Å²) < 4.78 is 0.0399. The number of rotatable bonds is 5. The number of aliphatic hydroxyl groups is 1. The molecule has 0 radical (unpaired) electrons. The summed E-state index contributed by atoms with van der Waals surface area (Å²) in [5.74, 6) is 1.38. The van der Waals surface area contributed by atoms with Crippen LogP contribution >= 0.6 is 0 Å². The number of nitrogens with zero attached hydrogens (tertiary/aromatic N) is 1. The first-order chi connectivity index (χ1) is 8.74. The van der Waals surface area contributed by atoms with E-state index in [9.17, 15) is 9.59 Å². The predicted octanol–water partition coefficient (Wildman–Crippen LogP) is 2.35. The quantitative estimate of drug-likeness (QED) is 0.617. The third kappa shape index (κ3) is 6.30. The molecule has 1 heterocycles. The lowest BCUT2D eigenvalue weighted by Crippen LogP contribution is -2.49. The van der Waals surface area contributed by atoms with E-state index < -0.39 is 0 Å². The van der Waals surface area contributed by atoms with Gasteiger partial charge in [0.1, 0.15) is 0 Å². The molecular weight excluding hydrogens is 242 g/mol. The van der Waals surface area contributed by atoms with Crippen LogP contribution in [0.15, 0.2) is 0 Å². The Balaban J connectivity index is 0.000000459. The van der Waals surface area contributed by atoms with Gasteiger partial charge in [-0.15, -0.1) is 0 Å². The third-order valence-electron chi connectivity index (χ3n) is 3.51. The highest BCUT2D eigenvalue weighted by Crippen LogP contribution is 2.21. The number of carbonyl (C=O) groups is 2. The van der Waals surface area contributed by atoms with Crippen LogP contribution in [-0.4, -0.2) is 41.6 Å². The Morgan fingerprint density at radius 2 is 1.42 bits per heavy atom. The standard InChI is InChI=1S/C10H18NO2.C5H12O/c1-8(2)6-7-11(3)9(12)4-5-10(11)13;1-5(2)3-4-6/h8H,4-7H2,1-3H3;5-6H,3-4H2,1-2H3/q+1;. The van der Waals surface area contributed by atoms with E-state index in [1.165, 1.54) is 0 Å². The summed E-state index contributed by atoms with van der Waals surface area (Å²) in [6, 6.07) is 0. The molecule has 0 aromatic rings. The van der Waals surface area contributed by atoms with Crippen LogP contribution in [0.4, 0.5) is 0 Å². The van der Waals surface area contributed by atoms with Gasteiger partial charge in [0.25, 0.3) is 0 Å². The van der Waals surface area contributed by atoms with E-state index in [1.807, 2.05) is 0 Å². The minimum absolute atomic E-state index is 0.0399. The molecule has 1 saturated heterocycles. The molecule has 1 aliphatic heterocycles. The summed E-state index contributed by atoms with van der Waals surface area (Å²) >= 11 is 0. The Kier molecular flexibility index (Phi) is 8.11. The maximum atomic E-state index is 11.5. The smallest absolute Gasteiger partial charge is 0.321 e. The first-order valence-corrected chi connectivity index (χ1v) is 7.27. The Labute approximate surface area is 117 Å². The molecule has 0 atom stereocenters. The Hall–Kier alpha value is -0.740. The van der Waals surface area contributed by atoms with Crippen molar-refractivity contribution in [3.63, 3.8) is 0 Å². The van der Waals surface area contributed by atoms with Gasteiger partial charge < -0.3 is 5.11 Å². The van der Waals surface area contributed by atoms with Gasteiger partial charge in [-0.25, -0.2) is 14.1 Å². The van der Waals surface area contributed by atoms with Crippen LogP contribution in [0.25, 0.3) is 0 Å². The van der Waals surface area contributed by atoms with E-state index >= 15 is 0 Å². The van der Waals surface area contributed by atoms with Crippen LogP contribution in [0.2, 0.25) is 0 Å². The predicted molar refractivity (Wildman–Crippen MR) is 76.3 cm³/mol. The molecule has 2 amide bonds. The van der Waals surface area contributed by atoms with Gasteiger partial charge in [-0.1, -0.05) is 27.7 Å². The largest absolute Gasteiger partial charge is 0.396 e. The molecule has 0 bridgehead atoms. The van der Waals surface area contributed by atoms with Crippen LogP contribution in [0.3, 0.4) is 0 Å². The van der Waals surface area contributed by atoms with Gasteiger partial charge in [-0.3, -0.25) is 0 Å². The highest BCUT2D eigenvalue weighted by atomic mass is 16.3. The fourth-order valence-electron chi connectivity index (χ4n) is 1.87. The molecule has 0 aliphatic carbocycles. The lowest BCUT2D eigenvalue weighted by atomic mass is 10.1. The van der Waals surface area contributed by atoms with Gasteiger partial charge in [0, 0.05) is 6.61 Å². The summed E-state index contributed by atoms with van der Waals surface area (Å²) in [5, 5.41) is 8.24. The highest BCUT2D eigenvalue weighted by Gasteiger charge is 2.45. The minimum Gasteiger partial charge on any atom is -0.396 e. The van der Waals surface area contributed by atoms with Crippen molar-refractivity contribution in [2.45, 2.75) is 53.4 Å². The molecule has 0 saturated carbocycles. The van der Waals surface area contributed by atoms with Crippen LogP contribution in [0.5, 0.6) is 0 Å². The summed E-state index contributed by atoms with van der Waals surface area (Å²) in [4.78, 5) is 22.9. The van der Waals surface area contributed by atoms with Crippen molar-refractivity contribution in [1.29, 1.82) is 0 Å². The summed E-state index contributed by atoms with van der Waals surface area (Å²) in [6.45, 7) is 9.41. The van der Waals surface area contributed by atoms with Crippen LogP contribution < -0.4 is 0 Å². The van der Waals surface area contributed by atoms with E-state index in [4.69, 9.17) is 5.11 Å². The fraction of sp³-hybridized carbons (Fsp3) is 0.867. The van der Waals surface area contributed by atoms with Crippen molar-refractivity contribution < 1.29 is 19.2 Å². The average Bonchev–Trinajstić information content (AvgIpc) is 2.56. The molecule has 1 fully saturated rings. The molecule has 0 unspecified atom stereocenters. The van der Waals surface area contributed by atoms with Gasteiger partial charge >= 0.3 is 11.8 Å². The van der Waals surface area contributed by atoms with Crippen LogP contribution in [-0.2, 0) is 9.59 Å². The normalized spacial score (nSPS) is 17.9. The van der Waals surface area contributed by atoms with E-state index in [1.54, 1.807) is 7.05 Å². The second-order valence-electron chi connectivity index (χ2n) is 6.29. The molecular formula is C15H30NO3+. The molecule has 0 aromatic carbocycles. The molecule has 0 spiro atoms. The molecule has 1 rings (SSSR count). The monoisotopic (exact) mass is 272 g/mol. The number of likely N-dealkylation sites (tertiary alicyclic amines) is 1. The Morgan fingerprint density at radius 1 is 1.00 bits per heavy atom. The topological polar surface area (TPSA) is 54.4 Å². The second-order valence-corrected chi connectivity index (χ2v) is 6.29. The summed E-state index contributed by atoms with van der Waals surface area (Å²) in [5.41, 5.74) is 0. The van der Waals surface area contributed by atoms with Gasteiger partial charge in [0.15, 0.2) is 0 Å². The highest BCUT2D eigenvalue weighted by molar-refractivity contribution is 5.91. The molecule has 4 nitrogen and oxygen atoms in total.